The minimum absolute atomic E-state index is 0.0388. The maximum atomic E-state index is 13.0. The van der Waals surface area contributed by atoms with E-state index in [1.54, 1.807) is 0 Å². The molecule has 432 valence electrons. The second-order valence-corrected chi connectivity index (χ2v) is 24.3. The molecule has 0 aliphatic heterocycles. The molecule has 0 bridgehead atoms. The first kappa shape index (κ1) is 71.7. The smallest absolute Gasteiger partial charge is 0.268 e. The molecule has 0 spiro atoms. The Morgan fingerprint density at radius 3 is 1.19 bits per heavy atom. The van der Waals surface area contributed by atoms with Gasteiger partial charge in [-0.05, 0) is 51.4 Å². The van der Waals surface area contributed by atoms with E-state index in [2.05, 4.69) is 55.6 Å². The third-order valence-electron chi connectivity index (χ3n) is 14.5. The summed E-state index contributed by atoms with van der Waals surface area (Å²) < 4.78 is 23.3. The van der Waals surface area contributed by atoms with Gasteiger partial charge in [-0.2, -0.15) is 0 Å². The van der Waals surface area contributed by atoms with E-state index in [4.69, 9.17) is 9.05 Å². The number of quaternary nitrogens is 1. The molecule has 9 nitrogen and oxygen atoms in total. The standard InChI is InChI=1S/C63H123N2O7P/c1-6-8-10-12-14-16-18-20-21-22-23-24-25-26-27-28-29-30-31-32-33-34-35-36-37-38-39-40-41-42-43-44-46-48-50-52-54-56-62(67)64-60(59-72-73(69,70)71-58-57-65(3,4)5)63(68)61(66)55-53-51-49-47-45-19-17-15-13-11-9-7-2/h18,20,22-23,25-26,60-61,63,66,68H,6-17,19,21,24,27-59H2,1-5H3,(H-,64,67,69,70)/b20-18-,23-22-,26-25-. The van der Waals surface area contributed by atoms with Gasteiger partial charge in [-0.3, -0.25) is 9.36 Å². The number of nitrogens with one attached hydrogen (secondary N) is 1. The van der Waals surface area contributed by atoms with E-state index < -0.39 is 32.7 Å². The lowest BCUT2D eigenvalue weighted by atomic mass is 9.99. The molecular formula is C63H123N2O7P. The van der Waals surface area contributed by atoms with Crippen molar-refractivity contribution in [2.24, 2.45) is 0 Å². The largest absolute Gasteiger partial charge is 0.756 e. The Kier molecular flexibility index (Phi) is 53.1. The zero-order valence-corrected chi connectivity index (χ0v) is 49.9. The van der Waals surface area contributed by atoms with Crippen LogP contribution in [-0.2, 0) is 18.4 Å². The van der Waals surface area contributed by atoms with Crippen molar-refractivity contribution in [1.29, 1.82) is 0 Å². The summed E-state index contributed by atoms with van der Waals surface area (Å²) in [6.07, 6.45) is 66.6. The number of unbranched alkanes of at least 4 members (excludes halogenated alkanes) is 38. The number of aliphatic hydroxyl groups excluding tert-OH is 2. The normalized spacial score (nSPS) is 14.5. The quantitative estimate of drug-likeness (QED) is 0.0239. The van der Waals surface area contributed by atoms with Crippen molar-refractivity contribution in [2.45, 2.75) is 321 Å². The first-order valence-electron chi connectivity index (χ1n) is 31.4. The highest BCUT2D eigenvalue weighted by Gasteiger charge is 2.29. The second-order valence-electron chi connectivity index (χ2n) is 22.9. The van der Waals surface area contributed by atoms with E-state index >= 15 is 0 Å². The van der Waals surface area contributed by atoms with E-state index in [0.29, 0.717) is 17.4 Å². The van der Waals surface area contributed by atoms with Crippen molar-refractivity contribution >= 4 is 13.7 Å². The Morgan fingerprint density at radius 2 is 0.822 bits per heavy atom. The molecule has 0 aliphatic rings. The lowest BCUT2D eigenvalue weighted by molar-refractivity contribution is -0.870. The maximum absolute atomic E-state index is 13.0. The second kappa shape index (κ2) is 54.1. The topological polar surface area (TPSA) is 128 Å². The Balaban J connectivity index is 3.96. The molecule has 0 aliphatic carbocycles. The summed E-state index contributed by atoms with van der Waals surface area (Å²) in [7, 11) is 1.14. The van der Waals surface area contributed by atoms with Crippen LogP contribution in [0.3, 0.4) is 0 Å². The van der Waals surface area contributed by atoms with E-state index in [1.807, 2.05) is 21.1 Å². The number of phosphoric ester groups is 1. The molecular weight excluding hydrogens is 928 g/mol. The fraction of sp³-hybridized carbons (Fsp3) is 0.889. The van der Waals surface area contributed by atoms with E-state index in [0.717, 1.165) is 51.4 Å². The number of hydrogen-bond acceptors (Lipinski definition) is 7. The van der Waals surface area contributed by atoms with Crippen LogP contribution in [-0.4, -0.2) is 79.8 Å². The van der Waals surface area contributed by atoms with Crippen LogP contribution in [0.25, 0.3) is 0 Å². The summed E-state index contributed by atoms with van der Waals surface area (Å²) in [4.78, 5) is 25.6. The molecule has 0 aromatic carbocycles. The zero-order chi connectivity index (χ0) is 53.6. The molecule has 10 heteroatoms. The molecule has 0 heterocycles. The first-order chi connectivity index (χ1) is 35.4. The van der Waals surface area contributed by atoms with Crippen LogP contribution in [0.1, 0.15) is 303 Å². The molecule has 0 radical (unpaired) electrons. The van der Waals surface area contributed by atoms with Crippen LogP contribution in [0.4, 0.5) is 0 Å². The lowest BCUT2D eigenvalue weighted by Gasteiger charge is -2.31. The van der Waals surface area contributed by atoms with E-state index in [9.17, 15) is 24.5 Å². The van der Waals surface area contributed by atoms with Crippen LogP contribution in [0.5, 0.6) is 0 Å². The molecule has 73 heavy (non-hydrogen) atoms. The van der Waals surface area contributed by atoms with Gasteiger partial charge in [0.05, 0.1) is 39.9 Å². The summed E-state index contributed by atoms with van der Waals surface area (Å²) in [6, 6.07) is -1.07. The molecule has 0 saturated carbocycles. The van der Waals surface area contributed by atoms with Crippen molar-refractivity contribution in [1.82, 2.24) is 5.32 Å². The van der Waals surface area contributed by atoms with Gasteiger partial charge >= 0.3 is 0 Å². The van der Waals surface area contributed by atoms with Gasteiger partial charge in [0.1, 0.15) is 19.3 Å². The molecule has 0 aromatic rings. The van der Waals surface area contributed by atoms with Crippen molar-refractivity contribution in [3.63, 3.8) is 0 Å². The first-order valence-corrected chi connectivity index (χ1v) is 32.9. The van der Waals surface area contributed by atoms with E-state index in [-0.39, 0.29) is 18.9 Å². The van der Waals surface area contributed by atoms with Gasteiger partial charge in [0.25, 0.3) is 7.82 Å². The predicted octanol–water partition coefficient (Wildman–Crippen LogP) is 17.7. The van der Waals surface area contributed by atoms with Crippen LogP contribution < -0.4 is 10.2 Å². The summed E-state index contributed by atoms with van der Waals surface area (Å²) in [5.41, 5.74) is 0. The summed E-state index contributed by atoms with van der Waals surface area (Å²) >= 11 is 0. The number of aliphatic hydroxyl groups is 2. The average molecular weight is 1050 g/mol. The Morgan fingerprint density at radius 1 is 0.493 bits per heavy atom. The molecule has 4 atom stereocenters. The molecule has 3 N–H and O–H groups in total. The fourth-order valence-electron chi connectivity index (χ4n) is 9.50. The Hall–Kier alpha value is -1.32. The number of allylic oxidation sites excluding steroid dienone is 6. The number of amides is 1. The van der Waals surface area contributed by atoms with Crippen molar-refractivity contribution in [2.75, 3.05) is 40.9 Å². The Labute approximate surface area is 453 Å². The minimum Gasteiger partial charge on any atom is -0.756 e. The highest BCUT2D eigenvalue weighted by molar-refractivity contribution is 7.45. The van der Waals surface area contributed by atoms with Gasteiger partial charge in [-0.15, -0.1) is 0 Å². The molecule has 0 saturated heterocycles. The molecule has 1 amide bonds. The summed E-state index contributed by atoms with van der Waals surface area (Å²) in [6.45, 7) is 4.45. The highest BCUT2D eigenvalue weighted by atomic mass is 31.2. The SMILES string of the molecule is CCCCCCC/C=C\C/C=C\C/C=C\CCCCCCCCCCCCCCCCCCCCCCCCC(=O)NC(COP(=O)([O-])OCC[N+](C)(C)C)C(O)C(O)CCCCCCCCCCCCCC. The fourth-order valence-corrected chi connectivity index (χ4v) is 10.2. The number of carbonyl (C=O) groups excluding carboxylic acids is 1. The van der Waals surface area contributed by atoms with Crippen LogP contribution in [0.15, 0.2) is 36.5 Å². The van der Waals surface area contributed by atoms with Gasteiger partial charge in [-0.25, -0.2) is 0 Å². The van der Waals surface area contributed by atoms with Crippen molar-refractivity contribution in [3.05, 3.63) is 36.5 Å². The van der Waals surface area contributed by atoms with Crippen LogP contribution in [0, 0.1) is 0 Å². The maximum Gasteiger partial charge on any atom is 0.268 e. The molecule has 0 fully saturated rings. The number of likely N-dealkylation sites (N-methyl/N-ethyl adjacent to an activating group) is 1. The van der Waals surface area contributed by atoms with Crippen LogP contribution >= 0.6 is 7.82 Å². The molecule has 0 rings (SSSR count). The van der Waals surface area contributed by atoms with Gasteiger partial charge in [0.2, 0.25) is 5.91 Å². The molecule has 0 aromatic heterocycles. The summed E-state index contributed by atoms with van der Waals surface area (Å²) in [5.74, 6) is -0.274. The highest BCUT2D eigenvalue weighted by Crippen LogP contribution is 2.38. The number of phosphoric acid groups is 1. The number of carbonyl (C=O) groups is 1. The molecule has 4 unspecified atom stereocenters. The number of nitrogens with zero attached hydrogens (tertiary/aromatic N) is 1. The van der Waals surface area contributed by atoms with Crippen molar-refractivity contribution < 1.29 is 38.0 Å². The number of rotatable bonds is 58. The van der Waals surface area contributed by atoms with Gasteiger partial charge in [0, 0.05) is 6.42 Å². The van der Waals surface area contributed by atoms with Gasteiger partial charge in [0.15, 0.2) is 0 Å². The third kappa shape index (κ3) is 55.3. The Bertz CT molecular complexity index is 1300. The zero-order valence-electron chi connectivity index (χ0n) is 49.0. The van der Waals surface area contributed by atoms with Crippen LogP contribution in [0.2, 0.25) is 0 Å². The summed E-state index contributed by atoms with van der Waals surface area (Å²) in [5, 5.41) is 24.8. The van der Waals surface area contributed by atoms with Gasteiger partial charge < -0.3 is 34.0 Å². The predicted molar refractivity (Wildman–Crippen MR) is 313 cm³/mol. The third-order valence-corrected chi connectivity index (χ3v) is 15.4. The van der Waals surface area contributed by atoms with Crippen molar-refractivity contribution in [3.8, 4) is 0 Å². The van der Waals surface area contributed by atoms with Gasteiger partial charge in [-0.1, -0.05) is 281 Å². The lowest BCUT2D eigenvalue weighted by Crippen LogP contribution is -2.51. The average Bonchev–Trinajstić information content (AvgIpc) is 3.35. The number of hydrogen-bond donors (Lipinski definition) is 3. The monoisotopic (exact) mass is 1050 g/mol. The minimum atomic E-state index is -4.67. The van der Waals surface area contributed by atoms with E-state index in [1.165, 1.54) is 225 Å².